The first kappa shape index (κ1) is 29.0. The quantitative estimate of drug-likeness (QED) is 0.173. The first-order valence-corrected chi connectivity index (χ1v) is 17.0. The van der Waals surface area contributed by atoms with E-state index in [1.54, 1.807) is 0 Å². The second-order valence-electron chi connectivity index (χ2n) is 12.6. The standard InChI is InChI=1S/C46H28N4O/c1-4-15-29(16-5-1)32-21-14-22-33(27-32)45-48-44(31-19-8-3-9-20-31)49-46(50-45)37-28-36-40(41-35-24-11-13-26-39(35)51-43(37)41)34-23-10-12-25-38(34)47-42(36)30-17-6-2-7-18-30/h1-28H. The minimum absolute atomic E-state index is 0.530. The lowest BCUT2D eigenvalue weighted by molar-refractivity contribution is 0.670. The maximum Gasteiger partial charge on any atom is 0.167 e. The van der Waals surface area contributed by atoms with E-state index in [2.05, 4.69) is 109 Å². The van der Waals surface area contributed by atoms with Gasteiger partial charge in [0.05, 0.1) is 16.8 Å². The third-order valence-electron chi connectivity index (χ3n) is 9.49. The van der Waals surface area contributed by atoms with Gasteiger partial charge in [0.25, 0.3) is 0 Å². The van der Waals surface area contributed by atoms with E-state index in [-0.39, 0.29) is 0 Å². The first-order valence-electron chi connectivity index (χ1n) is 17.0. The number of para-hydroxylation sites is 2. The molecule has 10 rings (SSSR count). The number of rotatable bonds is 5. The van der Waals surface area contributed by atoms with Crippen molar-refractivity contribution in [2.24, 2.45) is 0 Å². The van der Waals surface area contributed by atoms with Gasteiger partial charge in [-0.25, -0.2) is 19.9 Å². The highest BCUT2D eigenvalue weighted by atomic mass is 16.3. The third-order valence-corrected chi connectivity index (χ3v) is 9.49. The Morgan fingerprint density at radius 1 is 0.353 bits per heavy atom. The van der Waals surface area contributed by atoms with Crippen molar-refractivity contribution in [2.75, 3.05) is 0 Å². The molecule has 51 heavy (non-hydrogen) atoms. The van der Waals surface area contributed by atoms with Crippen LogP contribution in [0.25, 0.3) is 100 Å². The van der Waals surface area contributed by atoms with Crippen molar-refractivity contribution in [3.05, 3.63) is 170 Å². The van der Waals surface area contributed by atoms with Crippen molar-refractivity contribution < 1.29 is 4.42 Å². The van der Waals surface area contributed by atoms with Crippen molar-refractivity contribution in [1.29, 1.82) is 0 Å². The average Bonchev–Trinajstić information content (AvgIpc) is 3.61. The first-order chi connectivity index (χ1) is 25.3. The van der Waals surface area contributed by atoms with E-state index in [1.807, 2.05) is 60.7 Å². The number of furan rings is 1. The maximum atomic E-state index is 6.79. The average molecular weight is 653 g/mol. The Morgan fingerprint density at radius 3 is 1.69 bits per heavy atom. The monoisotopic (exact) mass is 652 g/mol. The number of nitrogens with zero attached hydrogens (tertiary/aromatic N) is 4. The lowest BCUT2D eigenvalue weighted by Crippen LogP contribution is -2.01. The van der Waals surface area contributed by atoms with E-state index < -0.39 is 0 Å². The molecule has 0 aliphatic heterocycles. The molecule has 238 valence electrons. The zero-order valence-electron chi connectivity index (χ0n) is 27.4. The van der Waals surface area contributed by atoms with E-state index in [0.29, 0.717) is 17.5 Å². The maximum absolute atomic E-state index is 6.79. The largest absolute Gasteiger partial charge is 0.455 e. The molecule has 0 bridgehead atoms. The fraction of sp³-hybridized carbons (Fsp3) is 0. The molecule has 10 aromatic rings. The Bertz CT molecular complexity index is 2900. The summed E-state index contributed by atoms with van der Waals surface area (Å²) >= 11 is 0. The van der Waals surface area contributed by atoms with E-state index >= 15 is 0 Å². The molecule has 5 heteroatoms. The molecule has 5 nitrogen and oxygen atoms in total. The van der Waals surface area contributed by atoms with Crippen molar-refractivity contribution >= 4 is 43.6 Å². The molecular weight excluding hydrogens is 625 g/mol. The molecule has 0 aliphatic rings. The topological polar surface area (TPSA) is 64.7 Å². The molecule has 0 fully saturated rings. The van der Waals surface area contributed by atoms with E-state index in [9.17, 15) is 0 Å². The molecule has 0 saturated carbocycles. The minimum Gasteiger partial charge on any atom is -0.455 e. The van der Waals surface area contributed by atoms with Gasteiger partial charge in [-0.2, -0.15) is 0 Å². The van der Waals surface area contributed by atoms with Gasteiger partial charge in [0.1, 0.15) is 11.2 Å². The Labute approximate surface area is 293 Å². The summed E-state index contributed by atoms with van der Waals surface area (Å²) in [6, 6.07) is 57.9. The third kappa shape index (κ3) is 4.94. The van der Waals surface area contributed by atoms with Gasteiger partial charge in [0.15, 0.2) is 17.5 Å². The molecule has 0 N–H and O–H groups in total. The Kier molecular flexibility index (Phi) is 6.74. The van der Waals surface area contributed by atoms with Gasteiger partial charge in [-0.05, 0) is 35.4 Å². The zero-order valence-corrected chi connectivity index (χ0v) is 27.4. The Morgan fingerprint density at radius 2 is 0.922 bits per heavy atom. The summed E-state index contributed by atoms with van der Waals surface area (Å²) in [5.74, 6) is 1.70. The number of fused-ring (bicyclic) bond motifs is 7. The van der Waals surface area contributed by atoms with Gasteiger partial charge in [-0.15, -0.1) is 0 Å². The van der Waals surface area contributed by atoms with Crippen molar-refractivity contribution in [2.45, 2.75) is 0 Å². The summed E-state index contributed by atoms with van der Waals surface area (Å²) in [7, 11) is 0. The number of aromatic nitrogens is 4. The second-order valence-corrected chi connectivity index (χ2v) is 12.6. The number of hydrogen-bond donors (Lipinski definition) is 0. The Hall–Kier alpha value is -6.98. The van der Waals surface area contributed by atoms with E-state index in [4.69, 9.17) is 24.4 Å². The minimum atomic E-state index is 0.530. The predicted octanol–water partition coefficient (Wildman–Crippen LogP) is 11.8. The van der Waals surface area contributed by atoms with Gasteiger partial charge in [-0.1, -0.05) is 146 Å². The van der Waals surface area contributed by atoms with Crippen LogP contribution in [0.15, 0.2) is 174 Å². The van der Waals surface area contributed by atoms with Crippen LogP contribution < -0.4 is 0 Å². The van der Waals surface area contributed by atoms with Crippen LogP contribution in [-0.2, 0) is 0 Å². The molecule has 0 radical (unpaired) electrons. The summed E-state index contributed by atoms with van der Waals surface area (Å²) in [4.78, 5) is 20.7. The van der Waals surface area contributed by atoms with Gasteiger partial charge in [-0.3, -0.25) is 0 Å². The summed E-state index contributed by atoms with van der Waals surface area (Å²) in [5, 5.41) is 5.21. The number of hydrogen-bond acceptors (Lipinski definition) is 5. The van der Waals surface area contributed by atoms with Crippen molar-refractivity contribution in [3.8, 4) is 56.5 Å². The molecule has 3 aromatic heterocycles. The molecule has 0 saturated heterocycles. The molecule has 0 amide bonds. The highest BCUT2D eigenvalue weighted by Crippen LogP contribution is 2.45. The Balaban J connectivity index is 1.32. The molecule has 7 aromatic carbocycles. The lowest BCUT2D eigenvalue weighted by atomic mass is 9.93. The summed E-state index contributed by atoms with van der Waals surface area (Å²) in [5.41, 5.74) is 9.19. The molecule has 0 aliphatic carbocycles. The summed E-state index contributed by atoms with van der Waals surface area (Å²) in [6.45, 7) is 0. The van der Waals surface area contributed by atoms with Gasteiger partial charge >= 0.3 is 0 Å². The summed E-state index contributed by atoms with van der Waals surface area (Å²) < 4.78 is 6.79. The van der Waals surface area contributed by atoms with Crippen LogP contribution in [0, 0.1) is 0 Å². The van der Waals surface area contributed by atoms with E-state index in [0.717, 1.165) is 82.7 Å². The van der Waals surface area contributed by atoms with Crippen LogP contribution in [0.2, 0.25) is 0 Å². The molecule has 0 spiro atoms. The van der Waals surface area contributed by atoms with Crippen LogP contribution in [0.4, 0.5) is 0 Å². The van der Waals surface area contributed by atoms with Crippen molar-refractivity contribution in [3.63, 3.8) is 0 Å². The predicted molar refractivity (Wildman–Crippen MR) is 207 cm³/mol. The van der Waals surface area contributed by atoms with Crippen LogP contribution >= 0.6 is 0 Å². The fourth-order valence-electron chi connectivity index (χ4n) is 7.12. The second kappa shape index (κ2) is 11.9. The fourth-order valence-corrected chi connectivity index (χ4v) is 7.12. The van der Waals surface area contributed by atoms with Gasteiger partial charge in [0, 0.05) is 43.6 Å². The van der Waals surface area contributed by atoms with Crippen LogP contribution in [0.5, 0.6) is 0 Å². The zero-order chi connectivity index (χ0) is 33.7. The van der Waals surface area contributed by atoms with Gasteiger partial charge in [0.2, 0.25) is 0 Å². The highest BCUT2D eigenvalue weighted by Gasteiger charge is 2.23. The van der Waals surface area contributed by atoms with E-state index in [1.165, 1.54) is 0 Å². The van der Waals surface area contributed by atoms with Crippen LogP contribution in [-0.4, -0.2) is 19.9 Å². The SMILES string of the molecule is c1ccc(-c2cccc(-c3nc(-c4ccccc4)nc(-c4cc5c(-c6ccccc6)nc6ccccc6c5c5c4oc4ccccc45)n3)c2)cc1. The van der Waals surface area contributed by atoms with Crippen LogP contribution in [0.3, 0.4) is 0 Å². The molecule has 0 unspecified atom stereocenters. The number of benzene rings is 7. The molecule has 3 heterocycles. The van der Waals surface area contributed by atoms with Crippen LogP contribution in [0.1, 0.15) is 0 Å². The highest BCUT2D eigenvalue weighted by molar-refractivity contribution is 6.30. The number of pyridine rings is 1. The molecular formula is C46H28N4O. The summed E-state index contributed by atoms with van der Waals surface area (Å²) in [6.07, 6.45) is 0. The normalized spacial score (nSPS) is 11.5. The smallest absolute Gasteiger partial charge is 0.167 e. The molecule has 0 atom stereocenters. The van der Waals surface area contributed by atoms with Gasteiger partial charge < -0.3 is 4.42 Å². The van der Waals surface area contributed by atoms with Crippen molar-refractivity contribution in [1.82, 2.24) is 19.9 Å². The lowest BCUT2D eigenvalue weighted by Gasteiger charge is -2.14.